The summed E-state index contributed by atoms with van der Waals surface area (Å²) in [5, 5.41) is 2.88. The molecule has 4 nitrogen and oxygen atoms in total. The summed E-state index contributed by atoms with van der Waals surface area (Å²) in [6.45, 7) is 0.716. The van der Waals surface area contributed by atoms with E-state index in [1.807, 2.05) is 18.2 Å². The summed E-state index contributed by atoms with van der Waals surface area (Å²) in [7, 11) is 1.66. The van der Waals surface area contributed by atoms with Crippen LogP contribution in [0.15, 0.2) is 18.2 Å². The van der Waals surface area contributed by atoms with Crippen LogP contribution in [0.3, 0.4) is 0 Å². The number of amides is 1. The molecule has 0 bridgehead atoms. The summed E-state index contributed by atoms with van der Waals surface area (Å²) >= 11 is 0. The van der Waals surface area contributed by atoms with Crippen LogP contribution in [-0.2, 0) is 4.79 Å². The van der Waals surface area contributed by atoms with E-state index in [9.17, 15) is 4.79 Å². The predicted molar refractivity (Wildman–Crippen MR) is 76.2 cm³/mol. The van der Waals surface area contributed by atoms with E-state index in [1.54, 1.807) is 7.11 Å². The van der Waals surface area contributed by atoms with Gasteiger partial charge in [-0.2, -0.15) is 0 Å². The monoisotopic (exact) mass is 274 g/mol. The molecule has 108 valence electrons. The maximum absolute atomic E-state index is 11.3. The Kier molecular flexibility index (Phi) is 3.81. The first-order chi connectivity index (χ1) is 9.76. The number of benzene rings is 1. The summed E-state index contributed by atoms with van der Waals surface area (Å²) in [5.74, 6) is 1.97. The second-order valence-corrected chi connectivity index (χ2v) is 5.64. The Balaban J connectivity index is 1.80. The minimum absolute atomic E-state index is 0.129. The van der Waals surface area contributed by atoms with Gasteiger partial charge in [0.15, 0.2) is 11.5 Å². The molecule has 20 heavy (non-hydrogen) atoms. The minimum atomic E-state index is 0.129. The van der Waals surface area contributed by atoms with Crippen LogP contribution in [0.25, 0.3) is 0 Å². The van der Waals surface area contributed by atoms with Crippen molar-refractivity contribution in [2.45, 2.75) is 44.1 Å². The average molecular weight is 274 g/mol. The SMILES string of the molecule is [11CH3]Oc1ccc([C@@H]2CNC(=O)C2)cc1OC1CCCC1. The molecule has 1 saturated carbocycles. The topological polar surface area (TPSA) is 47.6 Å². The maximum Gasteiger partial charge on any atom is 0.220 e. The van der Waals surface area contributed by atoms with Crippen molar-refractivity contribution >= 4 is 5.91 Å². The van der Waals surface area contributed by atoms with Gasteiger partial charge >= 0.3 is 0 Å². The molecule has 0 spiro atoms. The van der Waals surface area contributed by atoms with Crippen LogP contribution in [-0.4, -0.2) is 25.7 Å². The van der Waals surface area contributed by atoms with Crippen LogP contribution < -0.4 is 14.8 Å². The van der Waals surface area contributed by atoms with Gasteiger partial charge in [0, 0.05) is 18.9 Å². The standard InChI is InChI=1S/C16H21NO3/c1-19-14-7-6-11(12-9-16(18)17-10-12)8-15(14)20-13-4-2-3-5-13/h6-8,12-13H,2-5,9-10H2,1H3,(H,17,18)/t12-/m0/s1/i1-1. The van der Waals surface area contributed by atoms with Crippen molar-refractivity contribution in [1.29, 1.82) is 0 Å². The van der Waals surface area contributed by atoms with E-state index in [1.165, 1.54) is 12.8 Å². The highest BCUT2D eigenvalue weighted by molar-refractivity contribution is 5.79. The Hall–Kier alpha value is -1.71. The lowest BCUT2D eigenvalue weighted by atomic mass is 9.98. The number of hydrogen-bond acceptors (Lipinski definition) is 3. The highest BCUT2D eigenvalue weighted by atomic mass is 16.5. The highest BCUT2D eigenvalue weighted by Gasteiger charge is 2.25. The normalized spacial score (nSPS) is 22.9. The van der Waals surface area contributed by atoms with Crippen LogP contribution in [0.4, 0.5) is 0 Å². The van der Waals surface area contributed by atoms with Crippen LogP contribution in [0.2, 0.25) is 0 Å². The van der Waals surface area contributed by atoms with Crippen molar-refractivity contribution in [1.82, 2.24) is 5.32 Å². The van der Waals surface area contributed by atoms with E-state index in [-0.39, 0.29) is 11.8 Å². The van der Waals surface area contributed by atoms with Gasteiger partial charge in [0.2, 0.25) is 5.91 Å². The fourth-order valence-corrected chi connectivity index (χ4v) is 3.07. The zero-order valence-corrected chi connectivity index (χ0v) is 11.9. The molecule has 0 radical (unpaired) electrons. The van der Waals surface area contributed by atoms with Crippen LogP contribution >= 0.6 is 0 Å². The summed E-state index contributed by atoms with van der Waals surface area (Å²) in [6, 6.07) is 6.02. The number of nitrogens with one attached hydrogen (secondary N) is 1. The molecule has 2 aliphatic rings. The molecule has 2 fully saturated rings. The minimum Gasteiger partial charge on any atom is -0.493 e. The molecule has 1 aliphatic carbocycles. The van der Waals surface area contributed by atoms with Crippen molar-refractivity contribution < 1.29 is 14.3 Å². The molecule has 0 unspecified atom stereocenters. The third-order valence-electron chi connectivity index (χ3n) is 4.23. The molecule has 1 heterocycles. The third kappa shape index (κ3) is 2.74. The molecule has 4 heteroatoms. The van der Waals surface area contributed by atoms with Gasteiger partial charge < -0.3 is 14.8 Å². The van der Waals surface area contributed by atoms with Crippen LogP contribution in [0.5, 0.6) is 11.5 Å². The molecule has 1 saturated heterocycles. The summed E-state index contributed by atoms with van der Waals surface area (Å²) < 4.78 is 11.5. The van der Waals surface area contributed by atoms with Crippen LogP contribution in [0.1, 0.15) is 43.6 Å². The van der Waals surface area contributed by atoms with Crippen molar-refractivity contribution in [2.75, 3.05) is 13.7 Å². The summed E-state index contributed by atoms with van der Waals surface area (Å²) in [4.78, 5) is 11.3. The summed E-state index contributed by atoms with van der Waals surface area (Å²) in [6.07, 6.45) is 5.60. The largest absolute Gasteiger partial charge is 0.493 e. The Labute approximate surface area is 119 Å². The molecule has 0 aromatic heterocycles. The van der Waals surface area contributed by atoms with E-state index in [4.69, 9.17) is 9.47 Å². The number of hydrogen-bond donors (Lipinski definition) is 1. The number of rotatable bonds is 4. The van der Waals surface area contributed by atoms with E-state index < -0.39 is 0 Å². The molecule has 1 aromatic rings. The number of carbonyl (C=O) groups is 1. The van der Waals surface area contributed by atoms with Gasteiger partial charge in [0.05, 0.1) is 13.2 Å². The zero-order chi connectivity index (χ0) is 13.9. The fraction of sp³-hybridized carbons (Fsp3) is 0.562. The molecular formula is C16H21NO3. The maximum atomic E-state index is 11.3. The molecule has 1 aromatic carbocycles. The van der Waals surface area contributed by atoms with Gasteiger partial charge in [0.1, 0.15) is 0 Å². The zero-order valence-electron chi connectivity index (χ0n) is 11.9. The molecule has 1 aliphatic heterocycles. The Bertz CT molecular complexity index is 494. The van der Waals surface area contributed by atoms with E-state index in [2.05, 4.69) is 5.32 Å². The number of methoxy groups -OCH3 is 1. The Morgan fingerprint density at radius 3 is 2.65 bits per heavy atom. The second kappa shape index (κ2) is 5.73. The van der Waals surface area contributed by atoms with Gasteiger partial charge in [-0.25, -0.2) is 0 Å². The van der Waals surface area contributed by atoms with E-state index in [0.717, 1.165) is 29.9 Å². The predicted octanol–water partition coefficient (Wildman–Crippen LogP) is 2.62. The average Bonchev–Trinajstić information content (AvgIpc) is 3.10. The third-order valence-corrected chi connectivity index (χ3v) is 4.23. The first-order valence-electron chi connectivity index (χ1n) is 7.37. The van der Waals surface area contributed by atoms with Crippen molar-refractivity contribution in [3.05, 3.63) is 23.8 Å². The first kappa shape index (κ1) is 13.3. The Morgan fingerprint density at radius 1 is 1.20 bits per heavy atom. The smallest absolute Gasteiger partial charge is 0.220 e. The highest BCUT2D eigenvalue weighted by Crippen LogP contribution is 2.35. The fourth-order valence-electron chi connectivity index (χ4n) is 3.07. The van der Waals surface area contributed by atoms with Gasteiger partial charge in [-0.1, -0.05) is 6.07 Å². The number of ether oxygens (including phenoxy) is 2. The first-order valence-corrected chi connectivity index (χ1v) is 7.37. The Morgan fingerprint density at radius 2 is 2.00 bits per heavy atom. The van der Waals surface area contributed by atoms with Gasteiger partial charge in [-0.05, 0) is 43.4 Å². The van der Waals surface area contributed by atoms with Crippen molar-refractivity contribution in [3.8, 4) is 11.5 Å². The van der Waals surface area contributed by atoms with E-state index >= 15 is 0 Å². The molecule has 3 rings (SSSR count). The lowest BCUT2D eigenvalue weighted by Gasteiger charge is -2.18. The van der Waals surface area contributed by atoms with Gasteiger partial charge in [-0.3, -0.25) is 4.79 Å². The van der Waals surface area contributed by atoms with Crippen molar-refractivity contribution in [3.63, 3.8) is 0 Å². The quantitative estimate of drug-likeness (QED) is 0.918. The molecule has 1 amide bonds. The lowest BCUT2D eigenvalue weighted by molar-refractivity contribution is -0.119. The second-order valence-electron chi connectivity index (χ2n) is 5.64. The summed E-state index contributed by atoms with van der Waals surface area (Å²) in [5.41, 5.74) is 1.15. The van der Waals surface area contributed by atoms with Crippen molar-refractivity contribution in [2.24, 2.45) is 0 Å². The molecular weight excluding hydrogens is 253 g/mol. The van der Waals surface area contributed by atoms with Crippen LogP contribution in [0, 0.1) is 0 Å². The van der Waals surface area contributed by atoms with Gasteiger partial charge in [-0.15, -0.1) is 0 Å². The lowest BCUT2D eigenvalue weighted by Crippen LogP contribution is -2.14. The van der Waals surface area contributed by atoms with E-state index in [0.29, 0.717) is 19.1 Å². The number of carbonyl (C=O) groups excluding carboxylic acids is 1. The molecule has 1 atom stereocenters. The molecule has 1 N–H and O–H groups in total. The van der Waals surface area contributed by atoms with Gasteiger partial charge in [0.25, 0.3) is 0 Å².